The summed E-state index contributed by atoms with van der Waals surface area (Å²) in [5, 5.41) is 14.1. The highest BCUT2D eigenvalue weighted by Gasteiger charge is 2.39. The molecule has 3 nitrogen and oxygen atoms in total. The predicted molar refractivity (Wildman–Crippen MR) is 86.0 cm³/mol. The van der Waals surface area contributed by atoms with Crippen molar-refractivity contribution in [1.29, 1.82) is 0 Å². The number of benzene rings is 1. The van der Waals surface area contributed by atoms with Gasteiger partial charge in [-0.3, -0.25) is 0 Å². The van der Waals surface area contributed by atoms with Gasteiger partial charge in [-0.15, -0.1) is 0 Å². The predicted octanol–water partition coefficient (Wildman–Crippen LogP) is 3.49. The van der Waals surface area contributed by atoms with E-state index in [9.17, 15) is 5.11 Å². The lowest BCUT2D eigenvalue weighted by Crippen LogP contribution is -2.51. The molecular formula is C16H22N2OSi. The molecule has 0 radical (unpaired) electrons. The fourth-order valence-corrected chi connectivity index (χ4v) is 2.68. The molecule has 0 bridgehead atoms. The summed E-state index contributed by atoms with van der Waals surface area (Å²) >= 11 is 0. The summed E-state index contributed by atoms with van der Waals surface area (Å²) in [4.78, 5) is 0. The van der Waals surface area contributed by atoms with Gasteiger partial charge in [0, 0.05) is 11.8 Å². The van der Waals surface area contributed by atoms with Gasteiger partial charge in [0.15, 0.2) is 0 Å². The maximum Gasteiger partial charge on any atom is 0.139 e. The summed E-state index contributed by atoms with van der Waals surface area (Å²) < 4.78 is 1.67. The molecule has 2 rings (SSSR count). The highest BCUT2D eigenvalue weighted by atomic mass is 28.3. The van der Waals surface area contributed by atoms with Crippen molar-refractivity contribution in [3.8, 4) is 0 Å². The third-order valence-corrected chi connectivity index (χ3v) is 6.99. The van der Waals surface area contributed by atoms with Crippen LogP contribution in [0.4, 0.5) is 0 Å². The van der Waals surface area contributed by atoms with Crippen molar-refractivity contribution in [2.24, 2.45) is 0 Å². The molecule has 0 aliphatic carbocycles. The summed E-state index contributed by atoms with van der Waals surface area (Å²) in [5.41, 5.74) is 2.93. The second-order valence-electron chi connectivity index (χ2n) is 6.29. The van der Waals surface area contributed by atoms with Crippen molar-refractivity contribution < 1.29 is 5.11 Å². The SMILES string of the molecule is C=C(c1ccccc1)c1cnn(C(C)(O)[Si](C)(C)C)c1. The van der Waals surface area contributed by atoms with E-state index in [4.69, 9.17) is 0 Å². The highest BCUT2D eigenvalue weighted by Crippen LogP contribution is 2.27. The Hall–Kier alpha value is -1.65. The fraction of sp³-hybridized carbons (Fsp3) is 0.312. The van der Waals surface area contributed by atoms with Crippen LogP contribution in [0.2, 0.25) is 19.6 Å². The maximum atomic E-state index is 10.7. The molecule has 0 spiro atoms. The average molecular weight is 286 g/mol. The molecule has 2 aromatic rings. The largest absolute Gasteiger partial charge is 0.373 e. The number of rotatable bonds is 4. The van der Waals surface area contributed by atoms with Crippen molar-refractivity contribution in [2.75, 3.05) is 0 Å². The van der Waals surface area contributed by atoms with E-state index in [0.717, 1.165) is 16.7 Å². The van der Waals surface area contributed by atoms with Crippen molar-refractivity contribution in [3.05, 3.63) is 60.4 Å². The van der Waals surface area contributed by atoms with E-state index in [1.54, 1.807) is 10.9 Å². The summed E-state index contributed by atoms with van der Waals surface area (Å²) in [5.74, 6) is 0. The fourth-order valence-electron chi connectivity index (χ4n) is 1.87. The normalized spacial score (nSPS) is 14.8. The first-order valence-corrected chi connectivity index (χ1v) is 10.3. The van der Waals surface area contributed by atoms with Crippen LogP contribution in [0, 0.1) is 0 Å². The van der Waals surface area contributed by atoms with E-state index in [-0.39, 0.29) is 0 Å². The van der Waals surface area contributed by atoms with Gasteiger partial charge in [0.05, 0.1) is 6.20 Å². The van der Waals surface area contributed by atoms with Crippen LogP contribution < -0.4 is 0 Å². The molecule has 0 amide bonds. The van der Waals surface area contributed by atoms with Crippen molar-refractivity contribution in [2.45, 2.75) is 31.9 Å². The number of hydrogen-bond acceptors (Lipinski definition) is 2. The lowest BCUT2D eigenvalue weighted by molar-refractivity contribution is 0.0460. The van der Waals surface area contributed by atoms with Gasteiger partial charge >= 0.3 is 0 Å². The molecule has 1 aromatic heterocycles. The summed E-state index contributed by atoms with van der Waals surface area (Å²) in [6.07, 6.45) is 3.65. The second kappa shape index (κ2) is 5.03. The van der Waals surface area contributed by atoms with Gasteiger partial charge in [-0.2, -0.15) is 5.10 Å². The molecule has 4 heteroatoms. The molecule has 0 saturated heterocycles. The van der Waals surface area contributed by atoms with Crippen molar-refractivity contribution in [1.82, 2.24) is 9.78 Å². The molecule has 0 aliphatic rings. The van der Waals surface area contributed by atoms with Crippen molar-refractivity contribution in [3.63, 3.8) is 0 Å². The molecule has 0 saturated carbocycles. The smallest absolute Gasteiger partial charge is 0.139 e. The Labute approximate surface area is 121 Å². The zero-order valence-electron chi connectivity index (χ0n) is 12.6. The van der Waals surface area contributed by atoms with Crippen LogP contribution >= 0.6 is 0 Å². The Kier molecular flexibility index (Phi) is 3.71. The quantitative estimate of drug-likeness (QED) is 0.874. The van der Waals surface area contributed by atoms with Crippen molar-refractivity contribution >= 4 is 13.6 Å². The van der Waals surface area contributed by atoms with Crippen LogP contribution in [0.15, 0.2) is 49.3 Å². The molecule has 1 N–H and O–H groups in total. The molecule has 0 aliphatic heterocycles. The van der Waals surface area contributed by atoms with E-state index in [2.05, 4.69) is 31.3 Å². The molecule has 1 heterocycles. The number of hydrogen-bond donors (Lipinski definition) is 1. The lowest BCUT2D eigenvalue weighted by atomic mass is 10.0. The lowest BCUT2D eigenvalue weighted by Gasteiger charge is -2.35. The third-order valence-electron chi connectivity index (χ3n) is 3.92. The second-order valence-corrected chi connectivity index (χ2v) is 11.7. The van der Waals surface area contributed by atoms with E-state index >= 15 is 0 Å². The highest BCUT2D eigenvalue weighted by molar-refractivity contribution is 6.77. The maximum absolute atomic E-state index is 10.7. The van der Waals surface area contributed by atoms with Crippen LogP contribution in [0.5, 0.6) is 0 Å². The molecule has 0 fully saturated rings. The Morgan fingerprint density at radius 3 is 2.35 bits per heavy atom. The van der Waals surface area contributed by atoms with Gasteiger partial charge < -0.3 is 5.11 Å². The minimum absolute atomic E-state index is 0.914. The Balaban J connectivity index is 2.33. The molecule has 1 unspecified atom stereocenters. The van der Waals surface area contributed by atoms with E-state index < -0.39 is 13.4 Å². The number of aromatic nitrogens is 2. The Morgan fingerprint density at radius 1 is 1.20 bits per heavy atom. The third kappa shape index (κ3) is 2.62. The summed E-state index contributed by atoms with van der Waals surface area (Å²) in [6, 6.07) is 10.0. The molecule has 1 aromatic carbocycles. The number of aliphatic hydroxyl groups is 1. The van der Waals surface area contributed by atoms with Crippen LogP contribution in [0.3, 0.4) is 0 Å². The van der Waals surface area contributed by atoms with Gasteiger partial charge in [-0.1, -0.05) is 56.6 Å². The van der Waals surface area contributed by atoms with Gasteiger partial charge in [0.2, 0.25) is 0 Å². The minimum Gasteiger partial charge on any atom is -0.373 e. The summed E-state index contributed by atoms with van der Waals surface area (Å²) in [7, 11) is -1.80. The minimum atomic E-state index is -1.80. The van der Waals surface area contributed by atoms with Crippen LogP contribution in [-0.4, -0.2) is 23.0 Å². The first-order chi connectivity index (χ1) is 9.23. The molecular weight excluding hydrogens is 264 g/mol. The monoisotopic (exact) mass is 286 g/mol. The van der Waals surface area contributed by atoms with Crippen LogP contribution in [-0.2, 0) is 5.35 Å². The molecule has 20 heavy (non-hydrogen) atoms. The van der Waals surface area contributed by atoms with E-state index in [1.165, 1.54) is 0 Å². The van der Waals surface area contributed by atoms with Gasteiger partial charge in [-0.25, -0.2) is 4.68 Å². The zero-order valence-corrected chi connectivity index (χ0v) is 13.6. The Morgan fingerprint density at radius 2 is 1.80 bits per heavy atom. The molecule has 106 valence electrons. The Bertz CT molecular complexity index is 609. The first kappa shape index (κ1) is 14.7. The first-order valence-electron chi connectivity index (χ1n) is 6.76. The van der Waals surface area contributed by atoms with Gasteiger partial charge in [0.25, 0.3) is 0 Å². The van der Waals surface area contributed by atoms with E-state index in [0.29, 0.717) is 0 Å². The standard InChI is InChI=1S/C16H22N2OSi/c1-13(14-9-7-6-8-10-14)15-11-17-18(12-15)16(2,19)20(3,4)5/h6-12,19H,1H2,2-5H3. The average Bonchev–Trinajstić information content (AvgIpc) is 2.87. The molecule has 1 atom stereocenters. The van der Waals surface area contributed by atoms with Gasteiger partial charge in [0.1, 0.15) is 13.4 Å². The summed E-state index contributed by atoms with van der Waals surface area (Å²) in [6.45, 7) is 12.3. The number of nitrogens with zero attached hydrogens (tertiary/aromatic N) is 2. The van der Waals surface area contributed by atoms with Crippen LogP contribution in [0.1, 0.15) is 18.1 Å². The van der Waals surface area contributed by atoms with Gasteiger partial charge in [-0.05, 0) is 18.1 Å². The topological polar surface area (TPSA) is 38.0 Å². The van der Waals surface area contributed by atoms with Crippen LogP contribution in [0.25, 0.3) is 5.57 Å². The zero-order chi connectivity index (χ0) is 15.0. The van der Waals surface area contributed by atoms with E-state index in [1.807, 2.05) is 43.5 Å².